The number of Topliss-reactive ketones (excluding diaryl/α,β-unsaturated/α-hetero) is 2. The van der Waals surface area contributed by atoms with Gasteiger partial charge in [0.2, 0.25) is 11.8 Å². The molecule has 0 radical (unpaired) electrons. The Hall–Kier alpha value is -5.43. The van der Waals surface area contributed by atoms with E-state index < -0.39 is 40.8 Å². The Morgan fingerprint density at radius 1 is 0.761 bits per heavy atom. The Balaban J connectivity index is 1.53. The molecule has 1 aliphatic carbocycles. The van der Waals surface area contributed by atoms with E-state index in [1.54, 1.807) is 66.7 Å². The lowest BCUT2D eigenvalue weighted by Crippen LogP contribution is -2.52. The van der Waals surface area contributed by atoms with Gasteiger partial charge in [-0.2, -0.15) is 0 Å². The predicted octanol–water partition coefficient (Wildman–Crippen LogP) is 6.51. The van der Waals surface area contributed by atoms with Crippen molar-refractivity contribution in [1.29, 1.82) is 0 Å². The van der Waals surface area contributed by atoms with Crippen molar-refractivity contribution < 1.29 is 28.7 Å². The number of allylic oxidation sites excluding steroid dienone is 1. The third-order valence-electron chi connectivity index (χ3n) is 9.01. The number of ketones is 2. The number of carbonyl (C=O) groups is 5. The molecule has 4 aromatic rings. The van der Waals surface area contributed by atoms with Crippen molar-refractivity contribution in [1.82, 2.24) is 0 Å². The van der Waals surface area contributed by atoms with Gasteiger partial charge in [0.15, 0.2) is 11.6 Å². The van der Waals surface area contributed by atoms with Gasteiger partial charge in [-0.15, -0.1) is 0 Å². The van der Waals surface area contributed by atoms with Crippen molar-refractivity contribution >= 4 is 35.0 Å². The Morgan fingerprint density at radius 3 is 1.98 bits per heavy atom. The van der Waals surface area contributed by atoms with Crippen LogP contribution in [0.5, 0.6) is 0 Å². The topological polar surface area (TPSA) is 97.8 Å². The fraction of sp³-hybridized carbons (Fsp3) is 0.205. The minimum absolute atomic E-state index is 0.0668. The first kappa shape index (κ1) is 30.6. The lowest BCUT2D eigenvalue weighted by molar-refractivity contribution is -0.153. The molecule has 0 N–H and O–H groups in total. The summed E-state index contributed by atoms with van der Waals surface area (Å²) in [4.78, 5) is 71.4. The molecule has 0 saturated carbocycles. The minimum Gasteiger partial charge on any atom is -0.460 e. The van der Waals surface area contributed by atoms with Gasteiger partial charge in [0.1, 0.15) is 17.9 Å². The maximum absolute atomic E-state index is 14.8. The summed E-state index contributed by atoms with van der Waals surface area (Å²) in [5, 5.41) is 0. The first-order valence-electron chi connectivity index (χ1n) is 15.2. The molecular formula is C39H33NO6. The predicted molar refractivity (Wildman–Crippen MR) is 173 cm³/mol. The number of anilines is 1. The van der Waals surface area contributed by atoms with Gasteiger partial charge in [-0.05, 0) is 31.0 Å². The summed E-state index contributed by atoms with van der Waals surface area (Å²) < 4.78 is 5.87. The Morgan fingerprint density at radius 2 is 1.35 bits per heavy atom. The van der Waals surface area contributed by atoms with Crippen molar-refractivity contribution in [2.75, 3.05) is 4.90 Å². The van der Waals surface area contributed by atoms with Crippen LogP contribution in [0.2, 0.25) is 0 Å². The summed E-state index contributed by atoms with van der Waals surface area (Å²) in [6.45, 7) is 5.02. The molecule has 0 fully saturated rings. The van der Waals surface area contributed by atoms with Gasteiger partial charge in [-0.3, -0.25) is 24.0 Å². The number of amides is 2. The highest BCUT2D eigenvalue weighted by Crippen LogP contribution is 2.58. The van der Waals surface area contributed by atoms with Crippen molar-refractivity contribution in [3.63, 3.8) is 0 Å². The van der Waals surface area contributed by atoms with E-state index in [0.717, 1.165) is 21.6 Å². The number of para-hydroxylation sites is 1. The average molecular weight is 612 g/mol. The molecule has 46 heavy (non-hydrogen) atoms. The van der Waals surface area contributed by atoms with Gasteiger partial charge in [-0.25, -0.2) is 4.90 Å². The summed E-state index contributed by atoms with van der Waals surface area (Å²) >= 11 is 0. The number of imide groups is 1. The van der Waals surface area contributed by atoms with Gasteiger partial charge in [0, 0.05) is 36.0 Å². The SMILES string of the molecule is CC(=O)N1C(=O)[C@@]2(c3ccccc31)[C@H](C(=O)OCc1ccccc1)C(C(=O)c1ccc(C)cc1)=C[C@H]2CC(=O)c1ccc(C)cc1. The molecule has 7 nitrogen and oxygen atoms in total. The maximum Gasteiger partial charge on any atom is 0.315 e. The molecule has 3 atom stereocenters. The van der Waals surface area contributed by atoms with E-state index in [9.17, 15) is 24.0 Å². The third kappa shape index (κ3) is 5.17. The summed E-state index contributed by atoms with van der Waals surface area (Å²) in [5.74, 6) is -5.03. The van der Waals surface area contributed by atoms with Crippen LogP contribution >= 0.6 is 0 Å². The molecule has 0 unspecified atom stereocenters. The summed E-state index contributed by atoms with van der Waals surface area (Å²) in [7, 11) is 0. The number of rotatable bonds is 8. The number of aryl methyl sites for hydroxylation is 2. The summed E-state index contributed by atoms with van der Waals surface area (Å²) in [5.41, 5.74) is 2.46. The third-order valence-corrected chi connectivity index (χ3v) is 9.01. The second-order valence-corrected chi connectivity index (χ2v) is 12.0. The molecule has 1 spiro atoms. The van der Waals surface area contributed by atoms with Crippen LogP contribution in [-0.4, -0.2) is 29.4 Å². The van der Waals surface area contributed by atoms with Crippen LogP contribution in [0.4, 0.5) is 5.69 Å². The first-order chi connectivity index (χ1) is 22.1. The molecular weight excluding hydrogens is 578 g/mol. The quantitative estimate of drug-likeness (QED) is 0.167. The molecule has 230 valence electrons. The molecule has 0 saturated heterocycles. The molecule has 1 aliphatic heterocycles. The number of hydrogen-bond donors (Lipinski definition) is 0. The van der Waals surface area contributed by atoms with E-state index in [1.165, 1.54) is 6.92 Å². The Kier molecular flexibility index (Phi) is 8.09. The minimum atomic E-state index is -1.77. The largest absolute Gasteiger partial charge is 0.460 e. The zero-order valence-electron chi connectivity index (χ0n) is 25.9. The molecule has 0 aromatic heterocycles. The van der Waals surface area contributed by atoms with Crippen LogP contribution in [0.25, 0.3) is 0 Å². The number of hydrogen-bond acceptors (Lipinski definition) is 6. The normalized spacial score (nSPS) is 19.9. The highest BCUT2D eigenvalue weighted by Gasteiger charge is 2.67. The average Bonchev–Trinajstić information content (AvgIpc) is 3.53. The number of ether oxygens (including phenoxy) is 1. The van der Waals surface area contributed by atoms with Gasteiger partial charge in [0.25, 0.3) is 0 Å². The van der Waals surface area contributed by atoms with Crippen molar-refractivity contribution in [2.24, 2.45) is 11.8 Å². The van der Waals surface area contributed by atoms with Crippen LogP contribution < -0.4 is 4.90 Å². The number of esters is 1. The standard InChI is InChI=1S/C39H33NO6/c1-24-13-17-28(18-14-24)34(42)22-30-21-31(36(43)29-19-15-25(2)16-20-29)35(37(44)46-23-27-9-5-4-6-10-27)39(30)32-11-7-8-12-33(32)40(26(3)41)38(39)45/h4-21,30,35H,22-23H2,1-3H3/t30-,35-,39-/m0/s1. The van der Waals surface area contributed by atoms with E-state index in [1.807, 2.05) is 56.3 Å². The zero-order valence-corrected chi connectivity index (χ0v) is 25.9. The second-order valence-electron chi connectivity index (χ2n) is 12.0. The van der Waals surface area contributed by atoms with Gasteiger partial charge in [-0.1, -0.05) is 114 Å². The number of fused-ring (bicyclic) bond motifs is 2. The second kappa shape index (κ2) is 12.2. The van der Waals surface area contributed by atoms with Crippen LogP contribution in [0.15, 0.2) is 115 Å². The van der Waals surface area contributed by atoms with E-state index in [2.05, 4.69) is 0 Å². The number of carbonyl (C=O) groups excluding carboxylic acids is 5. The van der Waals surface area contributed by atoms with Crippen LogP contribution in [0, 0.1) is 25.7 Å². The Bertz CT molecular complexity index is 1890. The molecule has 4 aromatic carbocycles. The van der Waals surface area contributed by atoms with Gasteiger partial charge >= 0.3 is 5.97 Å². The smallest absolute Gasteiger partial charge is 0.315 e. The highest BCUT2D eigenvalue weighted by atomic mass is 16.5. The lowest BCUT2D eigenvalue weighted by atomic mass is 9.64. The first-order valence-corrected chi connectivity index (χ1v) is 15.2. The summed E-state index contributed by atoms with van der Waals surface area (Å²) in [6, 6.07) is 29.9. The molecule has 7 heteroatoms. The fourth-order valence-electron chi connectivity index (χ4n) is 6.76. The van der Waals surface area contributed by atoms with E-state index >= 15 is 0 Å². The van der Waals surface area contributed by atoms with Crippen LogP contribution in [0.1, 0.15) is 56.3 Å². The lowest BCUT2D eigenvalue weighted by Gasteiger charge is -2.35. The maximum atomic E-state index is 14.8. The van der Waals surface area contributed by atoms with Crippen molar-refractivity contribution in [2.45, 2.75) is 39.2 Å². The van der Waals surface area contributed by atoms with Crippen molar-refractivity contribution in [3.05, 3.63) is 148 Å². The molecule has 6 rings (SSSR count). The zero-order chi connectivity index (χ0) is 32.6. The van der Waals surface area contributed by atoms with E-state index in [4.69, 9.17) is 4.74 Å². The molecule has 2 aliphatic rings. The Labute approximate surface area is 267 Å². The molecule has 2 amide bonds. The van der Waals surface area contributed by atoms with Crippen LogP contribution in [0.3, 0.4) is 0 Å². The van der Waals surface area contributed by atoms with Crippen molar-refractivity contribution in [3.8, 4) is 0 Å². The number of benzene rings is 4. The van der Waals surface area contributed by atoms with Gasteiger partial charge in [0.05, 0.1) is 5.69 Å². The molecule has 0 bridgehead atoms. The number of nitrogens with zero attached hydrogens (tertiary/aromatic N) is 1. The van der Waals surface area contributed by atoms with Gasteiger partial charge < -0.3 is 4.74 Å². The monoisotopic (exact) mass is 611 g/mol. The molecule has 1 heterocycles. The van der Waals surface area contributed by atoms with E-state index in [-0.39, 0.29) is 24.4 Å². The van der Waals surface area contributed by atoms with Crippen LogP contribution in [-0.2, 0) is 31.1 Å². The fourth-order valence-corrected chi connectivity index (χ4v) is 6.76. The summed E-state index contributed by atoms with van der Waals surface area (Å²) in [6.07, 6.45) is 1.42. The van der Waals surface area contributed by atoms with E-state index in [0.29, 0.717) is 22.4 Å². The highest BCUT2D eigenvalue weighted by molar-refractivity contribution is 6.26.